The fourth-order valence-corrected chi connectivity index (χ4v) is 3.69. The van der Waals surface area contributed by atoms with Crippen LogP contribution in [-0.2, 0) is 4.79 Å². The Morgan fingerprint density at radius 3 is 2.64 bits per heavy atom. The molecule has 1 atom stereocenters. The standard InChI is InChI=1S/C19H16FN7O/c1-10-18-14(12-3-5-13(20)6-4-12)9-17(28)21-19(18)27(24-10)16-8-7-15-23-22-11(2)26(15)25-16/h3-8,14H,9H2,1-2H3,(H,21,28)/t14-/m0/s1. The normalized spacial score (nSPS) is 16.2. The Morgan fingerprint density at radius 2 is 1.86 bits per heavy atom. The lowest BCUT2D eigenvalue weighted by molar-refractivity contribution is -0.116. The molecule has 0 bridgehead atoms. The molecule has 1 N–H and O–H groups in total. The van der Waals surface area contributed by atoms with Crippen molar-refractivity contribution in [2.24, 2.45) is 0 Å². The van der Waals surface area contributed by atoms with Gasteiger partial charge in [0.15, 0.2) is 17.3 Å². The number of benzene rings is 1. The molecule has 0 spiro atoms. The number of aryl methyl sites for hydroxylation is 2. The maximum Gasteiger partial charge on any atom is 0.226 e. The molecule has 4 aromatic rings. The van der Waals surface area contributed by atoms with Crippen molar-refractivity contribution in [1.82, 2.24) is 29.6 Å². The Bertz CT molecular complexity index is 1230. The summed E-state index contributed by atoms with van der Waals surface area (Å²) in [6.45, 7) is 3.71. The second-order valence-corrected chi connectivity index (χ2v) is 6.82. The lowest BCUT2D eigenvalue weighted by atomic mass is 9.86. The van der Waals surface area contributed by atoms with E-state index in [-0.39, 0.29) is 24.1 Å². The molecule has 0 aliphatic carbocycles. The van der Waals surface area contributed by atoms with E-state index in [1.54, 1.807) is 33.5 Å². The zero-order valence-corrected chi connectivity index (χ0v) is 15.2. The molecule has 1 amide bonds. The van der Waals surface area contributed by atoms with Crippen LogP contribution in [0, 0.1) is 19.7 Å². The van der Waals surface area contributed by atoms with Crippen LogP contribution in [0.1, 0.15) is 35.0 Å². The number of carbonyl (C=O) groups is 1. The van der Waals surface area contributed by atoms with Gasteiger partial charge in [-0.1, -0.05) is 12.1 Å². The maximum absolute atomic E-state index is 13.3. The lowest BCUT2D eigenvalue weighted by Crippen LogP contribution is -2.25. The van der Waals surface area contributed by atoms with Crippen LogP contribution in [0.4, 0.5) is 10.2 Å². The summed E-state index contributed by atoms with van der Waals surface area (Å²) in [5.41, 5.74) is 3.20. The maximum atomic E-state index is 13.3. The largest absolute Gasteiger partial charge is 0.310 e. The van der Waals surface area contributed by atoms with Crippen LogP contribution in [0.25, 0.3) is 11.5 Å². The van der Waals surface area contributed by atoms with Crippen molar-refractivity contribution in [2.45, 2.75) is 26.2 Å². The van der Waals surface area contributed by atoms with E-state index in [1.807, 2.05) is 13.8 Å². The number of nitrogens with zero attached hydrogens (tertiary/aromatic N) is 6. The Balaban J connectivity index is 1.68. The van der Waals surface area contributed by atoms with E-state index in [0.29, 0.717) is 23.1 Å². The van der Waals surface area contributed by atoms with Crippen LogP contribution >= 0.6 is 0 Å². The van der Waals surface area contributed by atoms with Gasteiger partial charge in [0, 0.05) is 17.9 Å². The molecule has 1 aromatic carbocycles. The molecule has 0 saturated heterocycles. The zero-order chi connectivity index (χ0) is 19.4. The highest BCUT2D eigenvalue weighted by molar-refractivity contribution is 5.95. The van der Waals surface area contributed by atoms with E-state index in [1.165, 1.54) is 12.1 Å². The van der Waals surface area contributed by atoms with Crippen molar-refractivity contribution in [1.29, 1.82) is 0 Å². The monoisotopic (exact) mass is 377 g/mol. The average molecular weight is 377 g/mol. The number of nitrogens with one attached hydrogen (secondary N) is 1. The van der Waals surface area contributed by atoms with Gasteiger partial charge in [0.25, 0.3) is 0 Å². The van der Waals surface area contributed by atoms with Gasteiger partial charge in [-0.05, 0) is 43.7 Å². The third kappa shape index (κ3) is 2.47. The van der Waals surface area contributed by atoms with Crippen molar-refractivity contribution in [3.63, 3.8) is 0 Å². The lowest BCUT2D eigenvalue weighted by Gasteiger charge is -2.24. The molecule has 9 heteroatoms. The van der Waals surface area contributed by atoms with Gasteiger partial charge in [-0.2, -0.15) is 14.3 Å². The number of fused-ring (bicyclic) bond motifs is 2. The number of rotatable bonds is 2. The number of hydrogen-bond acceptors (Lipinski definition) is 5. The number of amides is 1. The van der Waals surface area contributed by atoms with Gasteiger partial charge in [-0.25, -0.2) is 4.39 Å². The quantitative estimate of drug-likeness (QED) is 0.580. The summed E-state index contributed by atoms with van der Waals surface area (Å²) in [6.07, 6.45) is 0.280. The average Bonchev–Trinajstić information content (AvgIpc) is 3.22. The molecule has 0 unspecified atom stereocenters. The van der Waals surface area contributed by atoms with E-state index < -0.39 is 0 Å². The highest BCUT2D eigenvalue weighted by Crippen LogP contribution is 2.39. The van der Waals surface area contributed by atoms with Crippen LogP contribution in [0.3, 0.4) is 0 Å². The SMILES string of the molecule is Cc1nn(-c2ccc3nnc(C)n3n2)c2c1[C@H](c1ccc(F)cc1)CC(=O)N2. The Morgan fingerprint density at radius 1 is 1.07 bits per heavy atom. The van der Waals surface area contributed by atoms with Crippen LogP contribution < -0.4 is 5.32 Å². The molecule has 3 aromatic heterocycles. The summed E-state index contributed by atoms with van der Waals surface area (Å²) in [6, 6.07) is 9.82. The van der Waals surface area contributed by atoms with Crippen molar-refractivity contribution < 1.29 is 9.18 Å². The Kier molecular flexibility index (Phi) is 3.51. The molecule has 140 valence electrons. The van der Waals surface area contributed by atoms with Gasteiger partial charge in [-0.3, -0.25) is 4.79 Å². The van der Waals surface area contributed by atoms with E-state index >= 15 is 0 Å². The minimum absolute atomic E-state index is 0.121. The second-order valence-electron chi connectivity index (χ2n) is 6.82. The Hall–Kier alpha value is -3.62. The molecular formula is C19H16FN7O. The molecule has 0 fully saturated rings. The highest BCUT2D eigenvalue weighted by atomic mass is 19.1. The van der Waals surface area contributed by atoms with Crippen molar-refractivity contribution in [2.75, 3.05) is 5.32 Å². The summed E-state index contributed by atoms with van der Waals surface area (Å²) in [4.78, 5) is 12.4. The second kappa shape index (κ2) is 5.95. The first kappa shape index (κ1) is 16.5. The topological polar surface area (TPSA) is 90.0 Å². The highest BCUT2D eigenvalue weighted by Gasteiger charge is 2.33. The van der Waals surface area contributed by atoms with Crippen LogP contribution in [0.5, 0.6) is 0 Å². The predicted octanol–water partition coefficient (Wildman–Crippen LogP) is 2.54. The van der Waals surface area contributed by atoms with Crippen LogP contribution in [0.15, 0.2) is 36.4 Å². The summed E-state index contributed by atoms with van der Waals surface area (Å²) in [5, 5.41) is 20.1. The first-order valence-corrected chi connectivity index (χ1v) is 8.85. The van der Waals surface area contributed by atoms with E-state index in [4.69, 9.17) is 0 Å². The molecule has 5 rings (SSSR count). The van der Waals surface area contributed by atoms with Crippen LogP contribution in [-0.4, -0.2) is 35.5 Å². The van der Waals surface area contributed by atoms with Gasteiger partial charge >= 0.3 is 0 Å². The third-order valence-electron chi connectivity index (χ3n) is 5.00. The molecule has 0 saturated carbocycles. The first-order chi connectivity index (χ1) is 13.5. The van der Waals surface area contributed by atoms with Gasteiger partial charge in [0.1, 0.15) is 11.6 Å². The summed E-state index contributed by atoms with van der Waals surface area (Å²) >= 11 is 0. The minimum Gasteiger partial charge on any atom is -0.310 e. The minimum atomic E-state index is -0.307. The van der Waals surface area contributed by atoms with Gasteiger partial charge < -0.3 is 5.32 Å². The number of anilines is 1. The molecule has 4 heterocycles. The molecular weight excluding hydrogens is 361 g/mol. The first-order valence-electron chi connectivity index (χ1n) is 8.85. The number of hydrogen-bond donors (Lipinski definition) is 1. The smallest absolute Gasteiger partial charge is 0.226 e. The van der Waals surface area contributed by atoms with Crippen molar-refractivity contribution in [3.8, 4) is 5.82 Å². The Labute approximate surface area is 159 Å². The van der Waals surface area contributed by atoms with Gasteiger partial charge in [0.2, 0.25) is 5.91 Å². The van der Waals surface area contributed by atoms with Crippen molar-refractivity contribution >= 4 is 17.4 Å². The van der Waals surface area contributed by atoms with E-state index in [0.717, 1.165) is 16.8 Å². The fourth-order valence-electron chi connectivity index (χ4n) is 3.69. The molecule has 0 radical (unpaired) electrons. The molecule has 1 aliphatic rings. The fraction of sp³-hybridized carbons (Fsp3) is 0.211. The van der Waals surface area contributed by atoms with E-state index in [2.05, 4.69) is 25.7 Å². The zero-order valence-electron chi connectivity index (χ0n) is 15.2. The van der Waals surface area contributed by atoms with Gasteiger partial charge in [0.05, 0.1) is 5.69 Å². The number of halogens is 1. The molecule has 28 heavy (non-hydrogen) atoms. The predicted molar refractivity (Wildman–Crippen MR) is 98.9 cm³/mol. The molecule has 1 aliphatic heterocycles. The van der Waals surface area contributed by atoms with Crippen LogP contribution in [0.2, 0.25) is 0 Å². The summed E-state index contributed by atoms with van der Waals surface area (Å²) in [7, 11) is 0. The van der Waals surface area contributed by atoms with Gasteiger partial charge in [-0.15, -0.1) is 15.3 Å². The van der Waals surface area contributed by atoms with E-state index in [9.17, 15) is 9.18 Å². The number of aromatic nitrogens is 6. The summed E-state index contributed by atoms with van der Waals surface area (Å²) < 4.78 is 16.6. The molecule has 8 nitrogen and oxygen atoms in total. The van der Waals surface area contributed by atoms with Crippen molar-refractivity contribution in [3.05, 3.63) is 64.9 Å². The third-order valence-corrected chi connectivity index (χ3v) is 5.00. The summed E-state index contributed by atoms with van der Waals surface area (Å²) in [5.74, 6) is 1.16. The number of carbonyl (C=O) groups excluding carboxylic acids is 1.